The molecule has 0 saturated carbocycles. The van der Waals surface area contributed by atoms with Gasteiger partial charge in [-0.3, -0.25) is 0 Å². The van der Waals surface area contributed by atoms with Crippen molar-refractivity contribution in [3.8, 4) is 0 Å². The summed E-state index contributed by atoms with van der Waals surface area (Å²) in [4.78, 5) is 0. The van der Waals surface area contributed by atoms with Crippen LogP contribution in [0.5, 0.6) is 0 Å². The largest absolute Gasteiger partial charge is 4.00 e. The Kier molecular flexibility index (Phi) is 15.1. The Labute approximate surface area is 165 Å². The molecule has 0 bridgehead atoms. The summed E-state index contributed by atoms with van der Waals surface area (Å²) in [5.74, 6) is 0. The molecule has 1 aromatic carbocycles. The second-order valence-corrected chi connectivity index (χ2v) is 16.8. The molecular weight excluding hydrogens is 412 g/mol. The summed E-state index contributed by atoms with van der Waals surface area (Å²) in [6.45, 7) is 13.8. The van der Waals surface area contributed by atoms with Crippen LogP contribution in [-0.4, -0.2) is 16.5 Å². The molecule has 6 heteroatoms. The predicted molar refractivity (Wildman–Crippen MR) is 88.7 cm³/mol. The van der Waals surface area contributed by atoms with Crippen LogP contribution in [0.1, 0.15) is 24.0 Å². The number of hydrogen-bond donors (Lipinski definition) is 0. The van der Waals surface area contributed by atoms with Crippen molar-refractivity contribution in [2.45, 2.75) is 65.0 Å². The minimum Gasteiger partial charge on any atom is -1.00 e. The summed E-state index contributed by atoms with van der Waals surface area (Å²) in [7, 11) is -2.21. The van der Waals surface area contributed by atoms with Crippen LogP contribution in [0, 0.1) is 0 Å². The molecule has 0 aliphatic heterocycles. The zero-order valence-electron chi connectivity index (χ0n) is 14.3. The van der Waals surface area contributed by atoms with Gasteiger partial charge in [0, 0.05) is 0 Å². The molecule has 21 heavy (non-hydrogen) atoms. The first-order valence-electron chi connectivity index (χ1n) is 7.15. The molecule has 0 heterocycles. The summed E-state index contributed by atoms with van der Waals surface area (Å²) >= 11 is 0. The van der Waals surface area contributed by atoms with Gasteiger partial charge in [-0.25, -0.2) is 6.07 Å². The topological polar surface area (TPSA) is 14.1 Å². The molecule has 0 fully saturated rings. The van der Waals surface area contributed by atoms with Crippen molar-refractivity contribution >= 4 is 16.5 Å². The second-order valence-electron chi connectivity index (χ2n) is 7.24. The first-order chi connectivity index (χ1) is 8.17. The molecule has 0 aromatic heterocycles. The number of halogens is 2. The van der Waals surface area contributed by atoms with Gasteiger partial charge in [0.2, 0.25) is 0 Å². The van der Waals surface area contributed by atoms with Gasteiger partial charge in [-0.2, -0.15) is 23.3 Å². The summed E-state index contributed by atoms with van der Waals surface area (Å²) in [5, 5.41) is 0. The summed E-state index contributed by atoms with van der Waals surface area (Å²) in [6.07, 6.45) is 5.44. The smallest absolute Gasteiger partial charge is 1.00 e. The van der Waals surface area contributed by atoms with Crippen molar-refractivity contribution in [3.05, 3.63) is 34.0 Å². The molecule has 2 rings (SSSR count). The second kappa shape index (κ2) is 11.7. The van der Waals surface area contributed by atoms with Gasteiger partial charge in [0.15, 0.2) is 0 Å². The van der Waals surface area contributed by atoms with Gasteiger partial charge in [-0.1, -0.05) is 81.4 Å². The van der Waals surface area contributed by atoms with E-state index in [0.29, 0.717) is 0 Å². The van der Waals surface area contributed by atoms with Crippen LogP contribution in [0.15, 0.2) is 18.2 Å². The molecule has 120 valence electrons. The van der Waals surface area contributed by atoms with Crippen LogP contribution in [0.3, 0.4) is 0 Å². The van der Waals surface area contributed by atoms with Crippen LogP contribution in [0.4, 0.5) is 0 Å². The van der Waals surface area contributed by atoms with Crippen molar-refractivity contribution in [2.75, 3.05) is 0 Å². The van der Waals surface area contributed by atoms with Gasteiger partial charge in [-0.05, 0) is 0 Å². The Hall–Kier alpha value is 1.21. The maximum atomic E-state index is 4.82. The molecule has 1 aromatic rings. The number of hydrogen-bond acceptors (Lipinski definition) is 0. The van der Waals surface area contributed by atoms with E-state index in [1.165, 1.54) is 25.7 Å². The van der Waals surface area contributed by atoms with Gasteiger partial charge in [0.1, 0.15) is 0 Å². The van der Waals surface area contributed by atoms with Gasteiger partial charge >= 0.3 is 26.2 Å². The average molecular weight is 442 g/mol. The SMILES string of the molecule is C[Si](C)(C)[N-][Si](C)(C)C.[Cl-].[Cl-].[Zr+4].c1cc2c([cH-]1)CCCC2. The van der Waals surface area contributed by atoms with Gasteiger partial charge in [0.25, 0.3) is 0 Å². The molecule has 0 unspecified atom stereocenters. The summed E-state index contributed by atoms with van der Waals surface area (Å²) in [6, 6.07) is 6.69. The van der Waals surface area contributed by atoms with Crippen molar-refractivity contribution in [1.82, 2.24) is 0 Å². The zero-order valence-corrected chi connectivity index (χ0v) is 20.2. The fourth-order valence-corrected chi connectivity index (χ4v) is 10.7. The van der Waals surface area contributed by atoms with Crippen LogP contribution in [0.25, 0.3) is 4.65 Å². The van der Waals surface area contributed by atoms with E-state index < -0.39 is 16.5 Å². The van der Waals surface area contributed by atoms with Gasteiger partial charge in [0.05, 0.1) is 0 Å². The molecule has 1 aliphatic carbocycles. The van der Waals surface area contributed by atoms with E-state index in [4.69, 9.17) is 4.65 Å². The van der Waals surface area contributed by atoms with Crippen molar-refractivity contribution in [3.63, 3.8) is 0 Å². The van der Waals surface area contributed by atoms with Crippen molar-refractivity contribution in [1.29, 1.82) is 0 Å². The maximum absolute atomic E-state index is 4.82. The molecular formula is C15H29Cl2NSi2Zr. The summed E-state index contributed by atoms with van der Waals surface area (Å²) < 4.78 is 4.82. The third-order valence-corrected chi connectivity index (χ3v) is 8.19. The maximum Gasteiger partial charge on any atom is 4.00 e. The van der Waals surface area contributed by atoms with Gasteiger partial charge in [-0.15, -0.1) is 0 Å². The first kappa shape index (κ1) is 27.1. The van der Waals surface area contributed by atoms with Gasteiger partial charge < -0.3 is 29.5 Å². The Bertz CT molecular complexity index is 338. The molecule has 1 nitrogen and oxygen atoms in total. The van der Waals surface area contributed by atoms with Crippen molar-refractivity contribution < 1.29 is 51.0 Å². The monoisotopic (exact) mass is 439 g/mol. The Balaban J connectivity index is -0.000000270. The fraction of sp³-hybridized carbons (Fsp3) is 0.667. The molecule has 0 saturated heterocycles. The van der Waals surface area contributed by atoms with Crippen LogP contribution < -0.4 is 24.8 Å². The van der Waals surface area contributed by atoms with E-state index in [0.717, 1.165) is 0 Å². The number of aryl methyl sites for hydroxylation is 2. The Morgan fingerprint density at radius 3 is 1.76 bits per heavy atom. The van der Waals surface area contributed by atoms with E-state index in [9.17, 15) is 0 Å². The van der Waals surface area contributed by atoms with Crippen LogP contribution >= 0.6 is 0 Å². The molecule has 0 spiro atoms. The third kappa shape index (κ3) is 13.4. The average Bonchev–Trinajstić information content (AvgIpc) is 2.59. The van der Waals surface area contributed by atoms with E-state index in [1.807, 2.05) is 0 Å². The number of rotatable bonds is 2. The standard InChI is InChI=1S/C9H11.C6H18NSi2.2ClH.Zr/c1-2-5-9-7-3-6-8(9)4-1;1-8(2,3)7-9(4,5)6;;;/h3,6-7H,1-2,4-5H2;1-6H3;2*1H;/q2*-1;;;+4/p-2. The van der Waals surface area contributed by atoms with E-state index >= 15 is 0 Å². The minimum atomic E-state index is -1.11. The van der Waals surface area contributed by atoms with E-state index in [1.54, 1.807) is 11.1 Å². The minimum absolute atomic E-state index is 0. The molecule has 0 N–H and O–H groups in total. The first-order valence-corrected chi connectivity index (χ1v) is 14.0. The van der Waals surface area contributed by atoms with E-state index in [2.05, 4.69) is 57.5 Å². The third-order valence-electron chi connectivity index (χ3n) is 2.82. The number of nitrogens with zero attached hydrogens (tertiary/aromatic N) is 1. The molecule has 0 radical (unpaired) electrons. The Morgan fingerprint density at radius 1 is 0.905 bits per heavy atom. The molecule has 0 atom stereocenters. The predicted octanol–water partition coefficient (Wildman–Crippen LogP) is -0.680. The summed E-state index contributed by atoms with van der Waals surface area (Å²) in [5.41, 5.74) is 3.20. The van der Waals surface area contributed by atoms with Crippen molar-refractivity contribution in [2.24, 2.45) is 0 Å². The normalized spacial score (nSPS) is 13.4. The van der Waals surface area contributed by atoms with E-state index in [-0.39, 0.29) is 51.0 Å². The molecule has 1 aliphatic rings. The van der Waals surface area contributed by atoms with Crippen LogP contribution in [-0.2, 0) is 39.0 Å². The number of fused-ring (bicyclic) bond motifs is 1. The van der Waals surface area contributed by atoms with Crippen LogP contribution in [0.2, 0.25) is 39.3 Å². The fourth-order valence-electron chi connectivity index (χ4n) is 2.62. The Morgan fingerprint density at radius 2 is 1.38 bits per heavy atom. The molecule has 0 amide bonds. The quantitative estimate of drug-likeness (QED) is 0.427. The zero-order chi connectivity index (χ0) is 13.8.